The maximum atomic E-state index is 11.9. The number of nitrogens with zero attached hydrogens (tertiary/aromatic N) is 1. The molecule has 1 saturated heterocycles. The van der Waals surface area contributed by atoms with Crippen molar-refractivity contribution in [2.45, 2.75) is 32.2 Å². The fourth-order valence-electron chi connectivity index (χ4n) is 1.84. The Morgan fingerprint density at radius 1 is 1.43 bits per heavy atom. The van der Waals surface area contributed by atoms with Crippen molar-refractivity contribution in [3.63, 3.8) is 0 Å². The lowest BCUT2D eigenvalue weighted by Gasteiger charge is -2.37. The second kappa shape index (κ2) is 2.97. The van der Waals surface area contributed by atoms with Crippen LogP contribution in [0.15, 0.2) is 0 Å². The number of carbonyl (C=O) groups is 2. The first kappa shape index (κ1) is 9.49. The monoisotopic (exact) mass is 196 g/mol. The van der Waals surface area contributed by atoms with Crippen LogP contribution in [-0.4, -0.2) is 35.3 Å². The van der Waals surface area contributed by atoms with E-state index in [1.165, 1.54) is 12.8 Å². The van der Waals surface area contributed by atoms with Gasteiger partial charge in [-0.05, 0) is 32.6 Å². The fraction of sp³-hybridized carbons (Fsp3) is 0.800. The van der Waals surface area contributed by atoms with E-state index in [0.29, 0.717) is 5.92 Å². The van der Waals surface area contributed by atoms with E-state index in [2.05, 4.69) is 5.32 Å². The minimum absolute atomic E-state index is 0.0454. The highest BCUT2D eigenvalue weighted by Gasteiger charge is 2.40. The second-order valence-electron chi connectivity index (χ2n) is 4.80. The number of rotatable bonds is 2. The van der Waals surface area contributed by atoms with Gasteiger partial charge in [0.2, 0.25) is 11.8 Å². The molecule has 1 aliphatic heterocycles. The Morgan fingerprint density at radius 2 is 2.07 bits per heavy atom. The zero-order chi connectivity index (χ0) is 10.3. The average Bonchev–Trinajstić information content (AvgIpc) is 2.82. The molecule has 2 rings (SSSR count). The van der Waals surface area contributed by atoms with Gasteiger partial charge in [-0.2, -0.15) is 0 Å². The molecule has 0 aromatic rings. The number of nitrogens with one attached hydrogen (secondary N) is 1. The van der Waals surface area contributed by atoms with Gasteiger partial charge in [-0.1, -0.05) is 0 Å². The van der Waals surface area contributed by atoms with Crippen molar-refractivity contribution in [3.8, 4) is 0 Å². The molecule has 0 bridgehead atoms. The molecule has 2 fully saturated rings. The van der Waals surface area contributed by atoms with Crippen molar-refractivity contribution >= 4 is 11.8 Å². The summed E-state index contributed by atoms with van der Waals surface area (Å²) in [4.78, 5) is 24.9. The molecule has 1 aliphatic carbocycles. The lowest BCUT2D eigenvalue weighted by atomic mass is 10.0. The molecule has 4 heteroatoms. The summed E-state index contributed by atoms with van der Waals surface area (Å²) in [7, 11) is 0. The van der Waals surface area contributed by atoms with Crippen LogP contribution >= 0.6 is 0 Å². The van der Waals surface area contributed by atoms with Gasteiger partial charge in [-0.15, -0.1) is 0 Å². The molecular formula is C10H16N2O2. The molecule has 0 aromatic carbocycles. The summed E-state index contributed by atoms with van der Waals surface area (Å²) in [6.45, 7) is 4.51. The molecule has 1 saturated carbocycles. The van der Waals surface area contributed by atoms with Gasteiger partial charge in [0.25, 0.3) is 0 Å². The third-order valence-electron chi connectivity index (χ3n) is 2.78. The lowest BCUT2D eigenvalue weighted by molar-refractivity contribution is -0.148. The molecule has 78 valence electrons. The van der Waals surface area contributed by atoms with Crippen LogP contribution in [0, 0.1) is 5.92 Å². The first-order chi connectivity index (χ1) is 6.49. The summed E-state index contributed by atoms with van der Waals surface area (Å²) in [5.74, 6) is 0.639. The third kappa shape index (κ3) is 1.74. The Balaban J connectivity index is 2.07. The van der Waals surface area contributed by atoms with Gasteiger partial charge in [0.15, 0.2) is 0 Å². The van der Waals surface area contributed by atoms with Gasteiger partial charge in [0.1, 0.15) is 5.54 Å². The zero-order valence-corrected chi connectivity index (χ0v) is 8.67. The summed E-state index contributed by atoms with van der Waals surface area (Å²) in [6, 6.07) is 0. The molecule has 4 nitrogen and oxygen atoms in total. The SMILES string of the molecule is CC1(C)NC(=O)CN(CC2CC2)C1=O. The second-order valence-corrected chi connectivity index (χ2v) is 4.80. The van der Waals surface area contributed by atoms with E-state index in [9.17, 15) is 9.59 Å². The van der Waals surface area contributed by atoms with E-state index in [4.69, 9.17) is 0 Å². The quantitative estimate of drug-likeness (QED) is 0.682. The lowest BCUT2D eigenvalue weighted by Crippen LogP contribution is -2.64. The molecular weight excluding hydrogens is 180 g/mol. The largest absolute Gasteiger partial charge is 0.341 e. The molecule has 0 unspecified atom stereocenters. The van der Waals surface area contributed by atoms with Crippen LogP contribution in [0.1, 0.15) is 26.7 Å². The van der Waals surface area contributed by atoms with Crippen LogP contribution in [0.4, 0.5) is 0 Å². The van der Waals surface area contributed by atoms with Crippen molar-refractivity contribution < 1.29 is 9.59 Å². The van der Waals surface area contributed by atoms with Crippen LogP contribution < -0.4 is 5.32 Å². The number of carbonyl (C=O) groups excluding carboxylic acids is 2. The van der Waals surface area contributed by atoms with Gasteiger partial charge in [-0.3, -0.25) is 9.59 Å². The van der Waals surface area contributed by atoms with Gasteiger partial charge in [0.05, 0.1) is 6.54 Å². The minimum Gasteiger partial charge on any atom is -0.341 e. The van der Waals surface area contributed by atoms with Crippen molar-refractivity contribution in [2.24, 2.45) is 5.92 Å². The molecule has 0 aromatic heterocycles. The predicted molar refractivity (Wildman–Crippen MR) is 51.5 cm³/mol. The summed E-state index contributed by atoms with van der Waals surface area (Å²) >= 11 is 0. The van der Waals surface area contributed by atoms with Crippen LogP contribution in [0.25, 0.3) is 0 Å². The Labute approximate surface area is 83.6 Å². The van der Waals surface area contributed by atoms with Gasteiger partial charge < -0.3 is 10.2 Å². The summed E-state index contributed by atoms with van der Waals surface area (Å²) in [5.41, 5.74) is -0.718. The molecule has 0 radical (unpaired) electrons. The predicted octanol–water partition coefficient (Wildman–Crippen LogP) is 0.133. The maximum absolute atomic E-state index is 11.9. The summed E-state index contributed by atoms with van der Waals surface area (Å²) < 4.78 is 0. The van der Waals surface area contributed by atoms with Crippen LogP contribution in [0.5, 0.6) is 0 Å². The standard InChI is InChI=1S/C10H16N2O2/c1-10(2)9(14)12(5-7-3-4-7)6-8(13)11-10/h7H,3-6H2,1-2H3,(H,11,13). The molecule has 0 atom stereocenters. The highest BCUT2D eigenvalue weighted by Crippen LogP contribution is 2.30. The third-order valence-corrected chi connectivity index (χ3v) is 2.78. The van der Waals surface area contributed by atoms with E-state index < -0.39 is 5.54 Å². The van der Waals surface area contributed by atoms with Gasteiger partial charge in [-0.25, -0.2) is 0 Å². The van der Waals surface area contributed by atoms with Crippen molar-refractivity contribution in [1.29, 1.82) is 0 Å². The molecule has 0 spiro atoms. The molecule has 1 heterocycles. The van der Waals surface area contributed by atoms with E-state index in [-0.39, 0.29) is 18.4 Å². The Hall–Kier alpha value is -1.06. The molecule has 2 aliphatic rings. The minimum atomic E-state index is -0.718. The fourth-order valence-corrected chi connectivity index (χ4v) is 1.84. The molecule has 2 amide bonds. The van der Waals surface area contributed by atoms with Crippen molar-refractivity contribution in [3.05, 3.63) is 0 Å². The smallest absolute Gasteiger partial charge is 0.248 e. The molecule has 1 N–H and O–H groups in total. The van der Waals surface area contributed by atoms with Crippen molar-refractivity contribution in [1.82, 2.24) is 10.2 Å². The molecule has 14 heavy (non-hydrogen) atoms. The summed E-state index contributed by atoms with van der Waals surface area (Å²) in [5, 5.41) is 2.70. The first-order valence-corrected chi connectivity index (χ1v) is 5.09. The van der Waals surface area contributed by atoms with E-state index in [1.807, 2.05) is 0 Å². The van der Waals surface area contributed by atoms with E-state index in [1.54, 1.807) is 18.7 Å². The average molecular weight is 196 g/mol. The number of hydrogen-bond acceptors (Lipinski definition) is 2. The van der Waals surface area contributed by atoms with Gasteiger partial charge in [0, 0.05) is 6.54 Å². The van der Waals surface area contributed by atoms with E-state index >= 15 is 0 Å². The number of piperazine rings is 1. The topological polar surface area (TPSA) is 49.4 Å². The van der Waals surface area contributed by atoms with Crippen LogP contribution in [0.3, 0.4) is 0 Å². The zero-order valence-electron chi connectivity index (χ0n) is 8.67. The Bertz CT molecular complexity index is 282. The highest BCUT2D eigenvalue weighted by molar-refractivity contribution is 5.97. The highest BCUT2D eigenvalue weighted by atomic mass is 16.2. The van der Waals surface area contributed by atoms with Crippen molar-refractivity contribution in [2.75, 3.05) is 13.1 Å². The summed E-state index contributed by atoms with van der Waals surface area (Å²) in [6.07, 6.45) is 2.40. The number of amides is 2. The maximum Gasteiger partial charge on any atom is 0.248 e. The van der Waals surface area contributed by atoms with Crippen LogP contribution in [-0.2, 0) is 9.59 Å². The van der Waals surface area contributed by atoms with Crippen LogP contribution in [0.2, 0.25) is 0 Å². The van der Waals surface area contributed by atoms with Gasteiger partial charge >= 0.3 is 0 Å². The number of hydrogen-bond donors (Lipinski definition) is 1. The Kier molecular flexibility index (Phi) is 2.01. The first-order valence-electron chi connectivity index (χ1n) is 5.09. The Morgan fingerprint density at radius 3 is 2.64 bits per heavy atom. The normalized spacial score (nSPS) is 26.3. The van der Waals surface area contributed by atoms with E-state index in [0.717, 1.165) is 6.54 Å².